The van der Waals surface area contributed by atoms with E-state index < -0.39 is 11.4 Å². The van der Waals surface area contributed by atoms with Crippen LogP contribution in [0.2, 0.25) is 5.02 Å². The van der Waals surface area contributed by atoms with Crippen LogP contribution in [0.5, 0.6) is 5.75 Å². The lowest BCUT2D eigenvalue weighted by atomic mass is 9.72. The van der Waals surface area contributed by atoms with E-state index in [1.807, 2.05) is 38.1 Å². The Morgan fingerprint density at radius 1 is 1.13 bits per heavy atom. The molecule has 1 aliphatic heterocycles. The second-order valence-electron chi connectivity index (χ2n) is 7.84. The Bertz CT molecular complexity index is 944. The van der Waals surface area contributed by atoms with E-state index in [-0.39, 0.29) is 30.9 Å². The zero-order valence-corrected chi connectivity index (χ0v) is 20.2. The van der Waals surface area contributed by atoms with Crippen LogP contribution in [-0.4, -0.2) is 48.0 Å². The van der Waals surface area contributed by atoms with Crippen LogP contribution in [0, 0.1) is 6.92 Å². The summed E-state index contributed by atoms with van der Waals surface area (Å²) < 4.78 is 5.61. The SMILES string of the molecule is CCN(CC)C(C)N(C)C(=O)CC1(c2ccc(C)cc2)C(=O)Oc2ccc(Cl)cc21.Cl. The van der Waals surface area contributed by atoms with Crippen molar-refractivity contribution in [3.63, 3.8) is 0 Å². The number of esters is 1. The first kappa shape index (κ1) is 25.2. The second kappa shape index (κ2) is 10.0. The van der Waals surface area contributed by atoms with E-state index in [1.54, 1.807) is 30.1 Å². The molecule has 0 radical (unpaired) electrons. The van der Waals surface area contributed by atoms with Crippen LogP contribution in [-0.2, 0) is 15.0 Å². The molecule has 0 spiro atoms. The van der Waals surface area contributed by atoms with Crippen molar-refractivity contribution in [3.8, 4) is 5.75 Å². The highest BCUT2D eigenvalue weighted by atomic mass is 35.5. The molecule has 1 aliphatic rings. The summed E-state index contributed by atoms with van der Waals surface area (Å²) in [6, 6.07) is 12.8. The van der Waals surface area contributed by atoms with Gasteiger partial charge in [0.15, 0.2) is 0 Å². The minimum Gasteiger partial charge on any atom is -0.425 e. The average molecular weight is 465 g/mol. The third kappa shape index (κ3) is 4.59. The molecule has 0 aliphatic carbocycles. The number of carbonyl (C=O) groups excluding carboxylic acids is 2. The molecule has 2 unspecified atom stereocenters. The number of hydrogen-bond acceptors (Lipinski definition) is 4. The van der Waals surface area contributed by atoms with Gasteiger partial charge in [0, 0.05) is 17.6 Å². The van der Waals surface area contributed by atoms with Crippen molar-refractivity contribution in [2.75, 3.05) is 20.1 Å². The molecule has 0 saturated carbocycles. The maximum atomic E-state index is 13.4. The zero-order valence-electron chi connectivity index (χ0n) is 18.6. The fourth-order valence-electron chi connectivity index (χ4n) is 4.16. The van der Waals surface area contributed by atoms with Crippen LogP contribution in [0.4, 0.5) is 0 Å². The molecule has 5 nitrogen and oxygen atoms in total. The molecule has 1 heterocycles. The Kier molecular flexibility index (Phi) is 8.15. The number of amides is 1. The number of nitrogens with zero attached hydrogens (tertiary/aromatic N) is 2. The molecule has 7 heteroatoms. The lowest BCUT2D eigenvalue weighted by molar-refractivity contribution is -0.143. The van der Waals surface area contributed by atoms with Crippen LogP contribution in [0.1, 0.15) is 43.9 Å². The van der Waals surface area contributed by atoms with E-state index in [0.29, 0.717) is 16.3 Å². The molecule has 0 bridgehead atoms. The number of hydrogen-bond donors (Lipinski definition) is 0. The van der Waals surface area contributed by atoms with E-state index >= 15 is 0 Å². The molecule has 0 saturated heterocycles. The van der Waals surface area contributed by atoms with Crippen LogP contribution in [0.15, 0.2) is 42.5 Å². The predicted molar refractivity (Wildman–Crippen MR) is 126 cm³/mol. The van der Waals surface area contributed by atoms with Crippen molar-refractivity contribution in [3.05, 3.63) is 64.2 Å². The quantitative estimate of drug-likeness (QED) is 0.335. The highest BCUT2D eigenvalue weighted by molar-refractivity contribution is 6.30. The number of ether oxygens (including phenoxy) is 1. The molecule has 2 aromatic rings. The number of fused-ring (bicyclic) bond motifs is 1. The van der Waals surface area contributed by atoms with Crippen LogP contribution < -0.4 is 4.74 Å². The number of aryl methyl sites for hydroxylation is 1. The van der Waals surface area contributed by atoms with Crippen molar-refractivity contribution in [2.45, 2.75) is 45.7 Å². The summed E-state index contributed by atoms with van der Waals surface area (Å²) >= 11 is 6.27. The summed E-state index contributed by atoms with van der Waals surface area (Å²) in [6.45, 7) is 9.79. The Balaban J connectivity index is 0.00000341. The first-order valence-electron chi connectivity index (χ1n) is 10.3. The van der Waals surface area contributed by atoms with Crippen LogP contribution in [0.3, 0.4) is 0 Å². The molecule has 168 valence electrons. The molecule has 31 heavy (non-hydrogen) atoms. The molecule has 3 rings (SSSR count). The van der Waals surface area contributed by atoms with Gasteiger partial charge in [-0.3, -0.25) is 14.5 Å². The molecule has 0 fully saturated rings. The van der Waals surface area contributed by atoms with E-state index in [1.165, 1.54) is 0 Å². The van der Waals surface area contributed by atoms with Gasteiger partial charge in [0.2, 0.25) is 5.91 Å². The summed E-state index contributed by atoms with van der Waals surface area (Å²) in [5.74, 6) is -0.113. The fraction of sp³-hybridized carbons (Fsp3) is 0.417. The van der Waals surface area contributed by atoms with Crippen molar-refractivity contribution >= 4 is 35.9 Å². The molecule has 0 aromatic heterocycles. The molecular weight excluding hydrogens is 435 g/mol. The summed E-state index contributed by atoms with van der Waals surface area (Å²) in [4.78, 5) is 30.6. The Morgan fingerprint density at radius 3 is 2.32 bits per heavy atom. The standard InChI is InChI=1S/C24H29ClN2O3.ClH/c1-6-27(7-2)17(4)26(5)22(28)15-24(18-10-8-16(3)9-11-18)20-14-19(25)12-13-21(20)30-23(24)29;/h8-14,17H,6-7,15H2,1-5H3;1H. The summed E-state index contributed by atoms with van der Waals surface area (Å²) in [5, 5.41) is 0.501. The molecular formula is C24H30Cl2N2O3. The normalized spacial score (nSPS) is 18.2. The largest absolute Gasteiger partial charge is 0.425 e. The number of rotatable bonds is 7. The number of benzene rings is 2. The molecule has 2 atom stereocenters. The molecule has 1 amide bonds. The topological polar surface area (TPSA) is 49.9 Å². The highest BCUT2D eigenvalue weighted by Crippen LogP contribution is 2.48. The summed E-state index contributed by atoms with van der Waals surface area (Å²) in [5.41, 5.74) is 1.23. The van der Waals surface area contributed by atoms with Gasteiger partial charge in [-0.05, 0) is 50.7 Å². The maximum Gasteiger partial charge on any atom is 0.327 e. The van der Waals surface area contributed by atoms with Crippen molar-refractivity contribution in [1.82, 2.24) is 9.80 Å². The van der Waals surface area contributed by atoms with Crippen molar-refractivity contribution in [1.29, 1.82) is 0 Å². The van der Waals surface area contributed by atoms with E-state index in [9.17, 15) is 9.59 Å². The Morgan fingerprint density at radius 2 is 1.74 bits per heavy atom. The van der Waals surface area contributed by atoms with Crippen LogP contribution >= 0.6 is 24.0 Å². The highest BCUT2D eigenvalue weighted by Gasteiger charge is 2.52. The van der Waals surface area contributed by atoms with Gasteiger partial charge in [0.25, 0.3) is 0 Å². The minimum atomic E-state index is -1.22. The fourth-order valence-corrected chi connectivity index (χ4v) is 4.33. The van der Waals surface area contributed by atoms with E-state index in [2.05, 4.69) is 18.7 Å². The summed E-state index contributed by atoms with van der Waals surface area (Å²) in [7, 11) is 1.79. The number of halogens is 2. The maximum absolute atomic E-state index is 13.4. The van der Waals surface area contributed by atoms with Gasteiger partial charge >= 0.3 is 5.97 Å². The molecule has 2 aromatic carbocycles. The lowest BCUT2D eigenvalue weighted by Gasteiger charge is -2.36. The lowest BCUT2D eigenvalue weighted by Crippen LogP contribution is -2.49. The van der Waals surface area contributed by atoms with Gasteiger partial charge in [0.05, 0.1) is 12.6 Å². The second-order valence-corrected chi connectivity index (χ2v) is 8.27. The van der Waals surface area contributed by atoms with Crippen molar-refractivity contribution < 1.29 is 14.3 Å². The summed E-state index contributed by atoms with van der Waals surface area (Å²) in [6.07, 6.45) is -0.108. The zero-order chi connectivity index (χ0) is 22.1. The number of carbonyl (C=O) groups is 2. The smallest absolute Gasteiger partial charge is 0.327 e. The predicted octanol–water partition coefficient (Wildman–Crippen LogP) is 4.81. The van der Waals surface area contributed by atoms with Gasteiger partial charge in [-0.15, -0.1) is 12.4 Å². The van der Waals surface area contributed by atoms with Gasteiger partial charge < -0.3 is 9.64 Å². The third-order valence-electron chi connectivity index (χ3n) is 6.21. The monoisotopic (exact) mass is 464 g/mol. The van der Waals surface area contributed by atoms with Gasteiger partial charge in [-0.2, -0.15) is 0 Å². The third-order valence-corrected chi connectivity index (χ3v) is 6.44. The van der Waals surface area contributed by atoms with E-state index in [0.717, 1.165) is 24.2 Å². The van der Waals surface area contributed by atoms with Gasteiger partial charge in [-0.1, -0.05) is 55.3 Å². The van der Waals surface area contributed by atoms with Crippen LogP contribution in [0.25, 0.3) is 0 Å². The first-order valence-corrected chi connectivity index (χ1v) is 10.7. The van der Waals surface area contributed by atoms with Gasteiger partial charge in [-0.25, -0.2) is 0 Å². The Labute approximate surface area is 195 Å². The molecule has 0 N–H and O–H groups in total. The minimum absolute atomic E-state index is 0. The van der Waals surface area contributed by atoms with Gasteiger partial charge in [0.1, 0.15) is 11.2 Å². The van der Waals surface area contributed by atoms with E-state index in [4.69, 9.17) is 16.3 Å². The average Bonchev–Trinajstić information content (AvgIpc) is 3.00. The Hall–Kier alpha value is -2.08. The van der Waals surface area contributed by atoms with Crippen molar-refractivity contribution in [2.24, 2.45) is 0 Å². The first-order chi connectivity index (χ1) is 14.2.